The Balaban J connectivity index is 1.30. The first-order chi connectivity index (χ1) is 13.5. The maximum Gasteiger partial charge on any atom is 0.232 e. The van der Waals surface area contributed by atoms with Crippen LogP contribution in [0.15, 0.2) is 40.7 Å². The number of methoxy groups -OCH3 is 1. The summed E-state index contributed by atoms with van der Waals surface area (Å²) in [4.78, 5) is 4.58. The summed E-state index contributed by atoms with van der Waals surface area (Å²) < 4.78 is 44.9. The van der Waals surface area contributed by atoms with E-state index in [1.54, 1.807) is 54.5 Å². The fourth-order valence-corrected chi connectivity index (χ4v) is 6.07. The Morgan fingerprint density at radius 3 is 2.89 bits per heavy atom. The Labute approximate surface area is 171 Å². The molecule has 10 heteroatoms. The van der Waals surface area contributed by atoms with E-state index in [9.17, 15) is 8.42 Å². The molecule has 3 aromatic rings. The van der Waals surface area contributed by atoms with Gasteiger partial charge in [0.2, 0.25) is 16.8 Å². The number of benzene rings is 2. The molecule has 1 aliphatic rings. The Bertz CT molecular complexity index is 1060. The van der Waals surface area contributed by atoms with Crippen molar-refractivity contribution in [2.75, 3.05) is 30.1 Å². The molecule has 4 rings (SSSR count). The first-order valence-electron chi connectivity index (χ1n) is 8.50. The third kappa shape index (κ3) is 4.45. The molecule has 0 amide bonds. The van der Waals surface area contributed by atoms with Crippen LogP contribution >= 0.6 is 23.1 Å². The predicted molar refractivity (Wildman–Crippen MR) is 111 cm³/mol. The molecule has 0 unspecified atom stereocenters. The average molecular weight is 439 g/mol. The van der Waals surface area contributed by atoms with Crippen molar-refractivity contribution >= 4 is 49.0 Å². The van der Waals surface area contributed by atoms with E-state index in [0.717, 1.165) is 20.3 Å². The van der Waals surface area contributed by atoms with E-state index < -0.39 is 10.0 Å². The summed E-state index contributed by atoms with van der Waals surface area (Å²) >= 11 is 3.12. The maximum atomic E-state index is 12.3. The van der Waals surface area contributed by atoms with Gasteiger partial charge in [0.1, 0.15) is 5.75 Å². The largest absolute Gasteiger partial charge is 0.497 e. The van der Waals surface area contributed by atoms with E-state index in [2.05, 4.69) is 9.71 Å². The van der Waals surface area contributed by atoms with Gasteiger partial charge in [-0.05, 0) is 18.6 Å². The second kappa shape index (κ2) is 8.06. The SMILES string of the molecule is COc1cccc(NS(=O)(=O)CCCSc2nc3cc4c(cc3s2)OCO4)c1. The summed E-state index contributed by atoms with van der Waals surface area (Å²) in [6, 6.07) is 10.7. The van der Waals surface area contributed by atoms with E-state index >= 15 is 0 Å². The standard InChI is InChI=1S/C18H18N2O5S3/c1-23-13-5-2-4-12(8-13)20-28(21,22)7-3-6-26-18-19-14-9-15-16(25-11-24-15)10-17(14)27-18/h2,4-5,8-10,20H,3,6-7,11H2,1H3. The van der Waals surface area contributed by atoms with Crippen LogP contribution in [0.1, 0.15) is 6.42 Å². The lowest BCUT2D eigenvalue weighted by atomic mass is 10.3. The highest BCUT2D eigenvalue weighted by molar-refractivity contribution is 8.01. The number of rotatable bonds is 8. The third-order valence-corrected chi connectivity index (χ3v) is 7.61. The lowest BCUT2D eigenvalue weighted by Gasteiger charge is -2.08. The fraction of sp³-hybridized carbons (Fsp3) is 0.278. The smallest absolute Gasteiger partial charge is 0.232 e. The Kier molecular flexibility index (Phi) is 5.51. The summed E-state index contributed by atoms with van der Waals surface area (Å²) in [7, 11) is -1.87. The number of fused-ring (bicyclic) bond motifs is 2. The molecule has 2 heterocycles. The van der Waals surface area contributed by atoms with Gasteiger partial charge in [0, 0.05) is 24.0 Å². The number of hydrogen-bond acceptors (Lipinski definition) is 8. The summed E-state index contributed by atoms with van der Waals surface area (Å²) in [6.45, 7) is 0.243. The molecule has 0 spiro atoms. The van der Waals surface area contributed by atoms with Crippen LogP contribution in [0.5, 0.6) is 17.2 Å². The number of thiazole rings is 1. The molecule has 7 nitrogen and oxygen atoms in total. The monoisotopic (exact) mass is 438 g/mol. The van der Waals surface area contributed by atoms with Crippen molar-refractivity contribution in [1.29, 1.82) is 0 Å². The number of nitrogens with one attached hydrogen (secondary N) is 1. The number of nitrogens with zero attached hydrogens (tertiary/aromatic N) is 1. The number of thioether (sulfide) groups is 1. The molecule has 1 N–H and O–H groups in total. The summed E-state index contributed by atoms with van der Waals surface area (Å²) in [5, 5.41) is 0. The molecular weight excluding hydrogens is 420 g/mol. The number of aromatic nitrogens is 1. The maximum absolute atomic E-state index is 12.3. The van der Waals surface area contributed by atoms with Crippen molar-refractivity contribution < 1.29 is 22.6 Å². The van der Waals surface area contributed by atoms with Gasteiger partial charge >= 0.3 is 0 Å². The molecule has 148 valence electrons. The minimum atomic E-state index is -3.41. The van der Waals surface area contributed by atoms with Gasteiger partial charge in [0.15, 0.2) is 15.8 Å². The highest BCUT2D eigenvalue weighted by Crippen LogP contribution is 2.39. The van der Waals surface area contributed by atoms with Gasteiger partial charge in [-0.3, -0.25) is 4.72 Å². The minimum Gasteiger partial charge on any atom is -0.497 e. The van der Waals surface area contributed by atoms with Crippen LogP contribution in [0, 0.1) is 0 Å². The minimum absolute atomic E-state index is 0.0398. The van der Waals surface area contributed by atoms with E-state index in [4.69, 9.17) is 14.2 Å². The van der Waals surface area contributed by atoms with E-state index in [1.165, 1.54) is 0 Å². The molecule has 0 atom stereocenters. The normalized spacial score (nSPS) is 13.0. The molecule has 0 bridgehead atoms. The van der Waals surface area contributed by atoms with Gasteiger partial charge in [0.25, 0.3) is 0 Å². The van der Waals surface area contributed by atoms with Crippen molar-refractivity contribution in [3.8, 4) is 17.2 Å². The summed E-state index contributed by atoms with van der Waals surface area (Å²) in [5.41, 5.74) is 1.36. The van der Waals surface area contributed by atoms with Crippen molar-refractivity contribution in [3.05, 3.63) is 36.4 Å². The Morgan fingerprint density at radius 2 is 2.07 bits per heavy atom. The quantitative estimate of drug-likeness (QED) is 0.421. The van der Waals surface area contributed by atoms with Crippen LogP contribution < -0.4 is 18.9 Å². The second-order valence-electron chi connectivity index (χ2n) is 6.01. The lowest BCUT2D eigenvalue weighted by Crippen LogP contribution is -2.17. The Hall–Kier alpha value is -2.17. The summed E-state index contributed by atoms with van der Waals surface area (Å²) in [6.07, 6.45) is 0.516. The van der Waals surface area contributed by atoms with Crippen molar-refractivity contribution in [3.63, 3.8) is 0 Å². The third-order valence-electron chi connectivity index (χ3n) is 3.99. The van der Waals surface area contributed by atoms with Gasteiger partial charge < -0.3 is 14.2 Å². The number of sulfonamides is 1. The van der Waals surface area contributed by atoms with Crippen molar-refractivity contribution in [2.24, 2.45) is 0 Å². The zero-order chi connectivity index (χ0) is 19.6. The lowest BCUT2D eigenvalue weighted by molar-refractivity contribution is 0.174. The molecule has 1 aliphatic heterocycles. The van der Waals surface area contributed by atoms with Crippen LogP contribution in [0.2, 0.25) is 0 Å². The highest BCUT2D eigenvalue weighted by atomic mass is 32.2. The second-order valence-corrected chi connectivity index (χ2v) is 10.2. The zero-order valence-corrected chi connectivity index (χ0v) is 17.5. The first-order valence-corrected chi connectivity index (χ1v) is 12.0. The van der Waals surface area contributed by atoms with Gasteiger partial charge in [-0.15, -0.1) is 11.3 Å². The molecule has 0 aliphatic carbocycles. The topological polar surface area (TPSA) is 86.8 Å². The van der Waals surface area contributed by atoms with E-state index in [-0.39, 0.29) is 12.5 Å². The van der Waals surface area contributed by atoms with Gasteiger partial charge in [-0.1, -0.05) is 17.8 Å². The molecule has 0 fully saturated rings. The zero-order valence-electron chi connectivity index (χ0n) is 15.0. The van der Waals surface area contributed by atoms with Gasteiger partial charge in [-0.2, -0.15) is 0 Å². The fourth-order valence-electron chi connectivity index (χ4n) is 2.68. The predicted octanol–water partition coefficient (Wildman–Crippen LogP) is 3.96. The molecule has 2 aromatic carbocycles. The highest BCUT2D eigenvalue weighted by Gasteiger charge is 2.17. The van der Waals surface area contributed by atoms with Crippen LogP contribution in [0.4, 0.5) is 5.69 Å². The Morgan fingerprint density at radius 1 is 1.25 bits per heavy atom. The molecule has 0 radical (unpaired) electrons. The van der Waals surface area contributed by atoms with Crippen LogP contribution in [-0.2, 0) is 10.0 Å². The van der Waals surface area contributed by atoms with Crippen molar-refractivity contribution in [1.82, 2.24) is 4.98 Å². The van der Waals surface area contributed by atoms with E-state index in [0.29, 0.717) is 29.4 Å². The molecule has 0 saturated heterocycles. The number of hydrogen-bond donors (Lipinski definition) is 1. The average Bonchev–Trinajstić information content (AvgIpc) is 3.28. The van der Waals surface area contributed by atoms with Crippen molar-refractivity contribution in [2.45, 2.75) is 10.8 Å². The molecule has 0 saturated carbocycles. The first kappa shape index (κ1) is 19.2. The van der Waals surface area contributed by atoms with Crippen LogP contribution in [-0.4, -0.2) is 38.8 Å². The molecular formula is C18H18N2O5S3. The number of anilines is 1. The van der Waals surface area contributed by atoms with Crippen LogP contribution in [0.3, 0.4) is 0 Å². The number of ether oxygens (including phenoxy) is 3. The van der Waals surface area contributed by atoms with Gasteiger partial charge in [0.05, 0.1) is 28.8 Å². The molecule has 28 heavy (non-hydrogen) atoms. The van der Waals surface area contributed by atoms with Crippen LogP contribution in [0.25, 0.3) is 10.2 Å². The molecule has 1 aromatic heterocycles. The van der Waals surface area contributed by atoms with Gasteiger partial charge in [-0.25, -0.2) is 13.4 Å². The van der Waals surface area contributed by atoms with E-state index in [1.807, 2.05) is 12.1 Å². The summed E-state index contributed by atoms with van der Waals surface area (Å²) in [5.74, 6) is 2.75.